The number of amides is 1. The Morgan fingerprint density at radius 1 is 1.23 bits per heavy atom. The molecule has 1 amide bonds. The first-order valence-electron chi connectivity index (χ1n) is 7.61. The zero-order valence-corrected chi connectivity index (χ0v) is 14.6. The number of aliphatic carboxylic acids is 1. The number of carboxylic acid groups (broad SMARTS) is 1. The number of carboxylic acids is 1. The minimum absolute atomic E-state index is 0.0470. The van der Waals surface area contributed by atoms with Gasteiger partial charge in [-0.15, -0.1) is 0 Å². The van der Waals surface area contributed by atoms with Crippen LogP contribution in [0.5, 0.6) is 0 Å². The standard InChI is InChI=1S/C17H18F3N3O3/c1-9-12(14(24)23(4)16(2,3)15(25)26)22-13(21-9)10-6-5-7-11(8-10)17(18,19)20/h5-8H,1-4H3,(H,21,22)(H,25,26). The fourth-order valence-corrected chi connectivity index (χ4v) is 2.20. The molecule has 6 nitrogen and oxygen atoms in total. The SMILES string of the molecule is Cc1[nH]c(-c2cccc(C(F)(F)F)c2)nc1C(=O)N(C)C(C)(C)C(=O)O. The maximum atomic E-state index is 12.9. The van der Waals surface area contributed by atoms with Gasteiger partial charge >= 0.3 is 12.1 Å². The summed E-state index contributed by atoms with van der Waals surface area (Å²) < 4.78 is 38.6. The molecule has 2 aromatic rings. The predicted molar refractivity (Wildman–Crippen MR) is 87.6 cm³/mol. The lowest BCUT2D eigenvalue weighted by Crippen LogP contribution is -2.51. The van der Waals surface area contributed by atoms with Crippen LogP contribution in [-0.2, 0) is 11.0 Å². The van der Waals surface area contributed by atoms with Crippen molar-refractivity contribution in [2.75, 3.05) is 7.05 Å². The van der Waals surface area contributed by atoms with Gasteiger partial charge in [0.05, 0.1) is 5.56 Å². The van der Waals surface area contributed by atoms with Crippen LogP contribution in [0.15, 0.2) is 24.3 Å². The molecular weight excluding hydrogens is 351 g/mol. The van der Waals surface area contributed by atoms with Crippen LogP contribution in [0.3, 0.4) is 0 Å². The maximum Gasteiger partial charge on any atom is 0.416 e. The number of nitrogens with one attached hydrogen (secondary N) is 1. The van der Waals surface area contributed by atoms with E-state index in [1.54, 1.807) is 6.92 Å². The molecule has 1 aromatic heterocycles. The monoisotopic (exact) mass is 369 g/mol. The Bertz CT molecular complexity index is 856. The number of benzene rings is 1. The molecule has 2 N–H and O–H groups in total. The number of nitrogens with zero attached hydrogens (tertiary/aromatic N) is 2. The number of imidazole rings is 1. The van der Waals surface area contributed by atoms with E-state index in [0.717, 1.165) is 17.0 Å². The van der Waals surface area contributed by atoms with E-state index >= 15 is 0 Å². The van der Waals surface area contributed by atoms with Crippen LogP contribution in [0.2, 0.25) is 0 Å². The average Bonchev–Trinajstić information content (AvgIpc) is 2.94. The van der Waals surface area contributed by atoms with Gasteiger partial charge in [-0.1, -0.05) is 12.1 Å². The van der Waals surface area contributed by atoms with Crippen molar-refractivity contribution in [3.8, 4) is 11.4 Å². The third kappa shape index (κ3) is 3.56. The van der Waals surface area contributed by atoms with E-state index in [1.807, 2.05) is 0 Å². The number of aryl methyl sites for hydroxylation is 1. The van der Waals surface area contributed by atoms with Gasteiger partial charge in [0.15, 0.2) is 0 Å². The van der Waals surface area contributed by atoms with Crippen molar-refractivity contribution in [3.63, 3.8) is 0 Å². The topological polar surface area (TPSA) is 86.3 Å². The van der Waals surface area contributed by atoms with E-state index < -0.39 is 29.2 Å². The molecule has 140 valence electrons. The van der Waals surface area contributed by atoms with Gasteiger partial charge in [0.1, 0.15) is 17.1 Å². The highest BCUT2D eigenvalue weighted by Gasteiger charge is 2.37. The quantitative estimate of drug-likeness (QED) is 0.865. The van der Waals surface area contributed by atoms with E-state index in [-0.39, 0.29) is 17.1 Å². The number of rotatable bonds is 4. The second-order valence-electron chi connectivity index (χ2n) is 6.37. The first-order valence-corrected chi connectivity index (χ1v) is 7.61. The summed E-state index contributed by atoms with van der Waals surface area (Å²) in [4.78, 5) is 31.8. The van der Waals surface area contributed by atoms with Crippen molar-refractivity contribution in [2.45, 2.75) is 32.5 Å². The number of aromatic nitrogens is 2. The van der Waals surface area contributed by atoms with E-state index in [1.165, 1.54) is 33.0 Å². The summed E-state index contributed by atoms with van der Waals surface area (Å²) in [5.74, 6) is -1.75. The normalized spacial score (nSPS) is 12.1. The molecule has 1 aromatic carbocycles. The third-order valence-electron chi connectivity index (χ3n) is 4.22. The first-order chi connectivity index (χ1) is 11.9. The molecule has 0 saturated carbocycles. The Kier molecular flexibility index (Phi) is 4.85. The lowest BCUT2D eigenvalue weighted by Gasteiger charge is -2.31. The molecule has 9 heteroatoms. The zero-order chi connectivity index (χ0) is 19.9. The van der Waals surface area contributed by atoms with Crippen LogP contribution in [0, 0.1) is 6.92 Å². The number of carbonyl (C=O) groups is 2. The van der Waals surface area contributed by atoms with Crippen LogP contribution in [0.4, 0.5) is 13.2 Å². The van der Waals surface area contributed by atoms with Crippen molar-refractivity contribution in [3.05, 3.63) is 41.2 Å². The summed E-state index contributed by atoms with van der Waals surface area (Å²) in [7, 11) is 1.33. The van der Waals surface area contributed by atoms with Crippen LogP contribution >= 0.6 is 0 Å². The lowest BCUT2D eigenvalue weighted by atomic mass is 10.0. The van der Waals surface area contributed by atoms with Gasteiger partial charge in [0, 0.05) is 18.3 Å². The third-order valence-corrected chi connectivity index (χ3v) is 4.22. The summed E-state index contributed by atoms with van der Waals surface area (Å²) in [5, 5.41) is 9.24. The molecule has 0 bridgehead atoms. The maximum absolute atomic E-state index is 12.9. The van der Waals surface area contributed by atoms with Gasteiger partial charge in [-0.05, 0) is 32.9 Å². The molecule has 26 heavy (non-hydrogen) atoms. The van der Waals surface area contributed by atoms with Crippen LogP contribution < -0.4 is 0 Å². The second kappa shape index (κ2) is 6.47. The Labute approximate surface area is 147 Å². The second-order valence-corrected chi connectivity index (χ2v) is 6.37. The van der Waals surface area contributed by atoms with Gasteiger partial charge in [-0.25, -0.2) is 9.78 Å². The molecule has 0 radical (unpaired) electrons. The van der Waals surface area contributed by atoms with Crippen molar-refractivity contribution in [1.82, 2.24) is 14.9 Å². The summed E-state index contributed by atoms with van der Waals surface area (Å²) in [5.41, 5.74) is -1.85. The van der Waals surface area contributed by atoms with E-state index in [4.69, 9.17) is 0 Å². The Hall–Kier alpha value is -2.84. The zero-order valence-electron chi connectivity index (χ0n) is 14.6. The van der Waals surface area contributed by atoms with E-state index in [2.05, 4.69) is 9.97 Å². The number of aromatic amines is 1. The van der Waals surface area contributed by atoms with Crippen molar-refractivity contribution >= 4 is 11.9 Å². The highest BCUT2D eigenvalue weighted by atomic mass is 19.4. The number of hydrogen-bond acceptors (Lipinski definition) is 3. The van der Waals surface area contributed by atoms with Crippen molar-refractivity contribution in [1.29, 1.82) is 0 Å². The van der Waals surface area contributed by atoms with E-state index in [9.17, 15) is 27.9 Å². The number of halogens is 3. The summed E-state index contributed by atoms with van der Waals surface area (Å²) in [6.07, 6.45) is -4.50. The largest absolute Gasteiger partial charge is 0.480 e. The molecule has 0 fully saturated rings. The highest BCUT2D eigenvalue weighted by molar-refractivity contribution is 5.97. The van der Waals surface area contributed by atoms with Gasteiger partial charge in [-0.3, -0.25) is 4.79 Å². The molecule has 0 saturated heterocycles. The minimum Gasteiger partial charge on any atom is -0.480 e. The highest BCUT2D eigenvalue weighted by Crippen LogP contribution is 2.31. The number of carbonyl (C=O) groups excluding carboxylic acids is 1. The molecule has 0 aliphatic carbocycles. The van der Waals surface area contributed by atoms with Crippen LogP contribution in [0.25, 0.3) is 11.4 Å². The average molecular weight is 369 g/mol. The number of likely N-dealkylation sites (N-methyl/N-ethyl adjacent to an activating group) is 1. The molecule has 0 aliphatic heterocycles. The molecule has 2 rings (SSSR count). The molecule has 0 aliphatic rings. The molecule has 0 unspecified atom stereocenters. The van der Waals surface area contributed by atoms with Gasteiger partial charge in [-0.2, -0.15) is 13.2 Å². The van der Waals surface area contributed by atoms with Crippen LogP contribution in [0.1, 0.15) is 35.6 Å². The fraction of sp³-hybridized carbons (Fsp3) is 0.353. The lowest BCUT2D eigenvalue weighted by molar-refractivity contribution is -0.147. The molecule has 0 atom stereocenters. The smallest absolute Gasteiger partial charge is 0.416 e. The van der Waals surface area contributed by atoms with E-state index in [0.29, 0.717) is 5.69 Å². The van der Waals surface area contributed by atoms with Crippen molar-refractivity contribution < 1.29 is 27.9 Å². The molecule has 0 spiro atoms. The number of H-pyrrole nitrogens is 1. The molecular formula is C17H18F3N3O3. The Balaban J connectivity index is 2.41. The predicted octanol–water partition coefficient (Wildman–Crippen LogP) is 3.34. The summed E-state index contributed by atoms with van der Waals surface area (Å²) >= 11 is 0. The first kappa shape index (κ1) is 19.5. The van der Waals surface area contributed by atoms with Gasteiger partial charge < -0.3 is 15.0 Å². The fourth-order valence-electron chi connectivity index (χ4n) is 2.20. The number of hydrogen-bond donors (Lipinski definition) is 2. The van der Waals surface area contributed by atoms with Gasteiger partial charge in [0.25, 0.3) is 5.91 Å². The summed E-state index contributed by atoms with van der Waals surface area (Å²) in [6.45, 7) is 4.27. The summed E-state index contributed by atoms with van der Waals surface area (Å²) in [6, 6.07) is 4.55. The minimum atomic E-state index is -4.50. The number of alkyl halides is 3. The van der Waals surface area contributed by atoms with Gasteiger partial charge in [0.2, 0.25) is 0 Å². The Morgan fingerprint density at radius 2 is 1.85 bits per heavy atom. The Morgan fingerprint density at radius 3 is 2.38 bits per heavy atom. The molecule has 1 heterocycles. The van der Waals surface area contributed by atoms with Crippen molar-refractivity contribution in [2.24, 2.45) is 0 Å². The van der Waals surface area contributed by atoms with Crippen LogP contribution in [-0.4, -0.2) is 44.4 Å².